The number of anilines is 1. The minimum atomic E-state index is -1.22. The molecule has 0 radical (unpaired) electrons. The van der Waals surface area contributed by atoms with E-state index >= 15 is 0 Å². The second-order valence-electron chi connectivity index (χ2n) is 8.36. The van der Waals surface area contributed by atoms with E-state index in [-0.39, 0.29) is 37.0 Å². The molecule has 3 aliphatic rings. The van der Waals surface area contributed by atoms with Crippen molar-refractivity contribution < 1.29 is 29.0 Å². The van der Waals surface area contributed by atoms with Gasteiger partial charge < -0.3 is 24.4 Å². The third kappa shape index (κ3) is 3.69. The zero-order valence-electron chi connectivity index (χ0n) is 18.2. The van der Waals surface area contributed by atoms with Crippen LogP contribution in [0, 0.1) is 11.8 Å². The number of benzene rings is 1. The van der Waals surface area contributed by atoms with Gasteiger partial charge >= 0.3 is 5.97 Å². The summed E-state index contributed by atoms with van der Waals surface area (Å²) in [6.07, 6.45) is 1.36. The molecular formula is C23H26BrClN2O6. The first-order valence-corrected chi connectivity index (χ1v) is 12.2. The van der Waals surface area contributed by atoms with E-state index in [0.29, 0.717) is 17.1 Å². The summed E-state index contributed by atoms with van der Waals surface area (Å²) in [4.78, 5) is 43.1. The second-order valence-corrected chi connectivity index (χ2v) is 9.94. The van der Waals surface area contributed by atoms with Crippen molar-refractivity contribution >= 4 is 51.0 Å². The standard InChI is InChI=1S/C23H26BrClN2O6/c1-3-9-26(15-8-6-5-7-14(15)25)21(30)19-23-12-13(24)18(33-23)16(22(31)32-4-2)17(23)20(29)27(19)10-11-28/h3,5-8,13,16-19,28H,1,4,9-12H2,2H3/t13?,16-,17+,18-,19-,23+/m1/s1. The number of para-hydroxylation sites is 1. The van der Waals surface area contributed by atoms with Gasteiger partial charge in [-0.1, -0.05) is 45.7 Å². The number of rotatable bonds is 8. The van der Waals surface area contributed by atoms with Crippen molar-refractivity contribution in [2.24, 2.45) is 11.8 Å². The summed E-state index contributed by atoms with van der Waals surface area (Å²) in [6.45, 7) is 5.39. The molecule has 3 heterocycles. The minimum absolute atomic E-state index is 0.0610. The number of fused-ring (bicyclic) bond motifs is 1. The minimum Gasteiger partial charge on any atom is -0.466 e. The number of amides is 2. The first kappa shape index (κ1) is 24.2. The Balaban J connectivity index is 1.80. The molecule has 33 heavy (non-hydrogen) atoms. The third-order valence-electron chi connectivity index (χ3n) is 6.64. The molecule has 1 aromatic carbocycles. The maximum atomic E-state index is 14.1. The Morgan fingerprint density at radius 2 is 2.18 bits per heavy atom. The van der Waals surface area contributed by atoms with Gasteiger partial charge in [0.1, 0.15) is 11.6 Å². The number of esters is 1. The number of hydrogen-bond acceptors (Lipinski definition) is 6. The zero-order chi connectivity index (χ0) is 23.9. The van der Waals surface area contributed by atoms with Crippen LogP contribution < -0.4 is 4.90 Å². The Bertz CT molecular complexity index is 976. The van der Waals surface area contributed by atoms with Crippen LogP contribution in [0.3, 0.4) is 0 Å². The predicted octanol–water partition coefficient (Wildman–Crippen LogP) is 2.16. The topological polar surface area (TPSA) is 96.4 Å². The van der Waals surface area contributed by atoms with Crippen LogP contribution in [0.5, 0.6) is 0 Å². The lowest BCUT2D eigenvalue weighted by molar-refractivity contribution is -0.154. The highest BCUT2D eigenvalue weighted by molar-refractivity contribution is 9.09. The Labute approximate surface area is 205 Å². The number of β-amino-alcohol motifs (C(OH)–C–C–N with tert-alkyl or cyclic N) is 1. The fourth-order valence-electron chi connectivity index (χ4n) is 5.52. The Kier molecular flexibility index (Phi) is 6.87. The Morgan fingerprint density at radius 1 is 1.45 bits per heavy atom. The number of carbonyl (C=O) groups excluding carboxylic acids is 3. The molecule has 1 unspecified atom stereocenters. The molecule has 8 nitrogen and oxygen atoms in total. The van der Waals surface area contributed by atoms with E-state index in [1.54, 1.807) is 37.3 Å². The molecule has 4 rings (SSSR count). The first-order chi connectivity index (χ1) is 15.8. The molecule has 6 atom stereocenters. The predicted molar refractivity (Wildman–Crippen MR) is 125 cm³/mol. The van der Waals surface area contributed by atoms with Gasteiger partial charge in [-0.3, -0.25) is 14.4 Å². The molecular weight excluding hydrogens is 516 g/mol. The molecule has 0 aliphatic carbocycles. The molecule has 3 saturated heterocycles. The van der Waals surface area contributed by atoms with Gasteiger partial charge in [0.2, 0.25) is 5.91 Å². The van der Waals surface area contributed by atoms with E-state index < -0.39 is 41.5 Å². The molecule has 2 amide bonds. The van der Waals surface area contributed by atoms with Crippen molar-refractivity contribution in [3.05, 3.63) is 41.9 Å². The number of halogens is 2. The quantitative estimate of drug-likeness (QED) is 0.308. The largest absolute Gasteiger partial charge is 0.466 e. The Hall–Kier alpha value is -1.94. The molecule has 0 aromatic heterocycles. The summed E-state index contributed by atoms with van der Waals surface area (Å²) in [7, 11) is 0. The maximum Gasteiger partial charge on any atom is 0.312 e. The summed E-state index contributed by atoms with van der Waals surface area (Å²) in [5, 5.41) is 10.1. The molecule has 3 aliphatic heterocycles. The number of aliphatic hydroxyl groups is 1. The maximum absolute atomic E-state index is 14.1. The van der Waals surface area contributed by atoms with E-state index in [9.17, 15) is 19.5 Å². The van der Waals surface area contributed by atoms with Crippen LogP contribution in [0.15, 0.2) is 36.9 Å². The van der Waals surface area contributed by atoms with E-state index in [0.717, 1.165) is 0 Å². The second kappa shape index (κ2) is 9.37. The number of aliphatic hydroxyl groups excluding tert-OH is 1. The molecule has 2 bridgehead atoms. The molecule has 10 heteroatoms. The fourth-order valence-corrected chi connectivity index (χ4v) is 6.70. The van der Waals surface area contributed by atoms with Gasteiger partial charge in [-0.25, -0.2) is 0 Å². The summed E-state index contributed by atoms with van der Waals surface area (Å²) in [6, 6.07) is 5.88. The number of nitrogens with zero attached hydrogens (tertiary/aromatic N) is 2. The summed E-state index contributed by atoms with van der Waals surface area (Å²) in [5.74, 6) is -3.01. The summed E-state index contributed by atoms with van der Waals surface area (Å²) < 4.78 is 11.6. The van der Waals surface area contributed by atoms with Crippen LogP contribution in [0.4, 0.5) is 5.69 Å². The van der Waals surface area contributed by atoms with Crippen LogP contribution in [-0.2, 0) is 23.9 Å². The SMILES string of the molecule is C=CCN(C(=O)[C@H]1N(CCO)C(=O)[C@@H]2[C@@H](C(=O)OCC)[C@@H]3O[C@@]21CC3Br)c1ccccc1Cl. The smallest absolute Gasteiger partial charge is 0.312 e. The van der Waals surface area contributed by atoms with Crippen LogP contribution in [0.1, 0.15) is 13.3 Å². The van der Waals surface area contributed by atoms with Crippen molar-refractivity contribution in [1.29, 1.82) is 0 Å². The van der Waals surface area contributed by atoms with Crippen molar-refractivity contribution in [3.8, 4) is 0 Å². The fraction of sp³-hybridized carbons (Fsp3) is 0.522. The Morgan fingerprint density at radius 3 is 2.82 bits per heavy atom. The van der Waals surface area contributed by atoms with Crippen LogP contribution in [0.25, 0.3) is 0 Å². The number of likely N-dealkylation sites (tertiary alicyclic amines) is 1. The van der Waals surface area contributed by atoms with E-state index in [4.69, 9.17) is 21.1 Å². The van der Waals surface area contributed by atoms with Gasteiger partial charge in [-0.15, -0.1) is 6.58 Å². The number of carbonyl (C=O) groups is 3. The molecule has 178 valence electrons. The van der Waals surface area contributed by atoms with Gasteiger partial charge in [0.05, 0.1) is 41.9 Å². The van der Waals surface area contributed by atoms with E-state index in [1.165, 1.54) is 9.80 Å². The van der Waals surface area contributed by atoms with Gasteiger partial charge in [-0.05, 0) is 25.5 Å². The van der Waals surface area contributed by atoms with E-state index in [2.05, 4.69) is 22.5 Å². The van der Waals surface area contributed by atoms with Crippen molar-refractivity contribution in [3.63, 3.8) is 0 Å². The molecule has 3 fully saturated rings. The normalized spacial score (nSPS) is 32.1. The zero-order valence-corrected chi connectivity index (χ0v) is 20.5. The van der Waals surface area contributed by atoms with Crippen molar-refractivity contribution in [2.75, 3.05) is 31.2 Å². The molecule has 1 N–H and O–H groups in total. The number of hydrogen-bond donors (Lipinski definition) is 1. The molecule has 0 saturated carbocycles. The lowest BCUT2D eigenvalue weighted by atomic mass is 9.70. The van der Waals surface area contributed by atoms with Crippen LogP contribution in [-0.4, -0.2) is 76.7 Å². The first-order valence-electron chi connectivity index (χ1n) is 10.9. The van der Waals surface area contributed by atoms with Gasteiger partial charge in [0, 0.05) is 17.9 Å². The number of ether oxygens (including phenoxy) is 2. The average Bonchev–Trinajstić information content (AvgIpc) is 3.37. The van der Waals surface area contributed by atoms with Crippen molar-refractivity contribution in [1.82, 2.24) is 4.90 Å². The number of alkyl halides is 1. The highest BCUT2D eigenvalue weighted by Crippen LogP contribution is 2.60. The molecule has 1 aromatic rings. The van der Waals surface area contributed by atoms with Gasteiger partial charge in [0.25, 0.3) is 5.91 Å². The lowest BCUT2D eigenvalue weighted by Crippen LogP contribution is -2.57. The monoisotopic (exact) mass is 540 g/mol. The van der Waals surface area contributed by atoms with Crippen molar-refractivity contribution in [2.45, 2.75) is 35.9 Å². The van der Waals surface area contributed by atoms with Gasteiger partial charge in [-0.2, -0.15) is 0 Å². The van der Waals surface area contributed by atoms with Crippen LogP contribution >= 0.6 is 27.5 Å². The third-order valence-corrected chi connectivity index (χ3v) is 7.81. The lowest BCUT2D eigenvalue weighted by Gasteiger charge is -2.37. The van der Waals surface area contributed by atoms with E-state index in [1.807, 2.05) is 0 Å². The van der Waals surface area contributed by atoms with Crippen LogP contribution in [0.2, 0.25) is 5.02 Å². The highest BCUT2D eigenvalue weighted by atomic mass is 79.9. The summed E-state index contributed by atoms with van der Waals surface area (Å²) in [5.41, 5.74) is -0.745. The van der Waals surface area contributed by atoms with Gasteiger partial charge in [0.15, 0.2) is 0 Å². The summed E-state index contributed by atoms with van der Waals surface area (Å²) >= 11 is 9.99. The average molecular weight is 542 g/mol. The molecule has 1 spiro atoms. The highest BCUT2D eigenvalue weighted by Gasteiger charge is 2.77.